The number of likely N-dealkylation sites (tertiary alicyclic amines) is 1. The summed E-state index contributed by atoms with van der Waals surface area (Å²) in [5.74, 6) is 0.772. The van der Waals surface area contributed by atoms with E-state index in [1.54, 1.807) is 12.3 Å². The number of carbonyl (C=O) groups is 1. The minimum atomic E-state index is -0.0308. The topological polar surface area (TPSA) is 78.0 Å². The summed E-state index contributed by atoms with van der Waals surface area (Å²) in [4.78, 5) is 25.9. The molecule has 0 saturated carbocycles. The Bertz CT molecular complexity index is 752. The zero-order valence-electron chi connectivity index (χ0n) is 14.1. The van der Waals surface area contributed by atoms with Crippen molar-refractivity contribution in [3.8, 4) is 0 Å². The molecule has 1 saturated heterocycles. The van der Waals surface area contributed by atoms with Gasteiger partial charge in [-0.3, -0.25) is 9.89 Å². The lowest BCUT2D eigenvalue weighted by Crippen LogP contribution is -2.48. The number of nitrogens with one attached hydrogen (secondary N) is 1. The second-order valence-corrected chi connectivity index (χ2v) is 7.02. The van der Waals surface area contributed by atoms with Gasteiger partial charge in [0.25, 0.3) is 5.91 Å². The highest BCUT2D eigenvalue weighted by Crippen LogP contribution is 2.44. The molecule has 2 aromatic rings. The van der Waals surface area contributed by atoms with Gasteiger partial charge in [0.2, 0.25) is 5.95 Å². The summed E-state index contributed by atoms with van der Waals surface area (Å²) in [7, 11) is 3.91. The van der Waals surface area contributed by atoms with Gasteiger partial charge in [-0.25, -0.2) is 9.97 Å². The third-order valence-electron chi connectivity index (χ3n) is 5.22. The number of aromatic amines is 1. The first kappa shape index (κ1) is 15.1. The summed E-state index contributed by atoms with van der Waals surface area (Å²) in [6, 6.07) is 1.73. The second-order valence-electron chi connectivity index (χ2n) is 7.02. The molecule has 1 spiro atoms. The van der Waals surface area contributed by atoms with Gasteiger partial charge in [0.1, 0.15) is 5.69 Å². The van der Waals surface area contributed by atoms with Crippen LogP contribution in [0.15, 0.2) is 18.5 Å². The van der Waals surface area contributed by atoms with Gasteiger partial charge >= 0.3 is 0 Å². The lowest BCUT2D eigenvalue weighted by molar-refractivity contribution is 0.0627. The van der Waals surface area contributed by atoms with E-state index in [9.17, 15) is 4.79 Å². The first-order valence-electron chi connectivity index (χ1n) is 8.41. The highest BCUT2D eigenvalue weighted by molar-refractivity contribution is 5.92. The molecule has 7 nitrogen and oxygen atoms in total. The molecule has 2 aromatic heterocycles. The highest BCUT2D eigenvalue weighted by Gasteiger charge is 2.45. The molecule has 24 heavy (non-hydrogen) atoms. The minimum Gasteiger partial charge on any atom is -0.347 e. The van der Waals surface area contributed by atoms with E-state index in [-0.39, 0.29) is 11.3 Å². The molecule has 4 rings (SSSR count). The molecule has 1 aliphatic carbocycles. The number of amides is 1. The number of hydrogen-bond acceptors (Lipinski definition) is 5. The zero-order chi connectivity index (χ0) is 16.7. The molecule has 1 aliphatic heterocycles. The molecule has 2 aliphatic rings. The number of carbonyl (C=O) groups excluding carboxylic acids is 1. The van der Waals surface area contributed by atoms with Gasteiger partial charge in [-0.1, -0.05) is 0 Å². The van der Waals surface area contributed by atoms with Crippen molar-refractivity contribution in [3.05, 3.63) is 35.4 Å². The lowest BCUT2D eigenvalue weighted by atomic mass is 9.77. The monoisotopic (exact) mass is 326 g/mol. The maximum absolute atomic E-state index is 12.7. The fourth-order valence-corrected chi connectivity index (χ4v) is 4.00. The van der Waals surface area contributed by atoms with Crippen molar-refractivity contribution in [2.24, 2.45) is 0 Å². The van der Waals surface area contributed by atoms with Crippen molar-refractivity contribution in [1.82, 2.24) is 25.1 Å². The summed E-state index contributed by atoms with van der Waals surface area (Å²) in [5, 5.41) is 6.68. The van der Waals surface area contributed by atoms with Crippen LogP contribution in [0.1, 0.15) is 41.0 Å². The summed E-state index contributed by atoms with van der Waals surface area (Å²) >= 11 is 0. The number of nitrogens with zero attached hydrogens (tertiary/aromatic N) is 5. The molecule has 3 heterocycles. The quantitative estimate of drug-likeness (QED) is 0.902. The van der Waals surface area contributed by atoms with E-state index in [4.69, 9.17) is 4.98 Å². The fraction of sp³-hybridized carbons (Fsp3) is 0.529. The van der Waals surface area contributed by atoms with Crippen LogP contribution in [0, 0.1) is 0 Å². The van der Waals surface area contributed by atoms with Crippen molar-refractivity contribution >= 4 is 11.9 Å². The van der Waals surface area contributed by atoms with Crippen molar-refractivity contribution in [2.45, 2.75) is 31.1 Å². The first-order valence-corrected chi connectivity index (χ1v) is 8.41. The van der Waals surface area contributed by atoms with Crippen LogP contribution >= 0.6 is 0 Å². The number of aryl methyl sites for hydroxylation is 1. The second kappa shape index (κ2) is 5.58. The zero-order valence-corrected chi connectivity index (χ0v) is 14.1. The van der Waals surface area contributed by atoms with Crippen LogP contribution in [0.25, 0.3) is 0 Å². The van der Waals surface area contributed by atoms with Crippen molar-refractivity contribution in [2.75, 3.05) is 32.1 Å². The molecule has 126 valence electrons. The van der Waals surface area contributed by atoms with Gasteiger partial charge in [0.15, 0.2) is 0 Å². The lowest BCUT2D eigenvalue weighted by Gasteiger charge is -2.40. The normalized spacial score (nSPS) is 22.7. The molecule has 1 N–H and O–H groups in total. The molecule has 1 amide bonds. The Labute approximate surface area is 141 Å². The van der Waals surface area contributed by atoms with Crippen LogP contribution in [0.2, 0.25) is 0 Å². The number of aromatic nitrogens is 4. The van der Waals surface area contributed by atoms with E-state index in [1.807, 2.05) is 30.1 Å². The largest absolute Gasteiger partial charge is 0.347 e. The highest BCUT2D eigenvalue weighted by atomic mass is 16.2. The summed E-state index contributed by atoms with van der Waals surface area (Å²) in [6.07, 6.45) is 7.70. The maximum atomic E-state index is 12.7. The van der Waals surface area contributed by atoms with E-state index in [2.05, 4.69) is 15.2 Å². The Morgan fingerprint density at radius 3 is 3.00 bits per heavy atom. The predicted octanol–water partition coefficient (Wildman–Crippen LogP) is 1.39. The predicted molar refractivity (Wildman–Crippen MR) is 90.1 cm³/mol. The van der Waals surface area contributed by atoms with E-state index in [1.165, 1.54) is 5.56 Å². The number of H-pyrrole nitrogens is 1. The smallest absolute Gasteiger partial charge is 0.271 e. The van der Waals surface area contributed by atoms with Gasteiger partial charge in [0.05, 0.1) is 5.69 Å². The van der Waals surface area contributed by atoms with E-state index in [0.29, 0.717) is 5.69 Å². The fourth-order valence-electron chi connectivity index (χ4n) is 4.00. The molecule has 1 atom stereocenters. The van der Waals surface area contributed by atoms with Crippen molar-refractivity contribution in [1.29, 1.82) is 0 Å². The molecule has 1 unspecified atom stereocenters. The van der Waals surface area contributed by atoms with Crippen molar-refractivity contribution in [3.63, 3.8) is 0 Å². The van der Waals surface area contributed by atoms with Gasteiger partial charge in [-0.15, -0.1) is 0 Å². The molecule has 0 radical (unpaired) electrons. The number of rotatable bonds is 2. The number of hydrogen-bond donors (Lipinski definition) is 1. The Morgan fingerprint density at radius 2 is 2.25 bits per heavy atom. The SMILES string of the molecule is CN(C)c1ncc2c(n1)C1(CCCN(C(=O)c3ccn[nH]3)C1)CC2. The summed E-state index contributed by atoms with van der Waals surface area (Å²) in [5.41, 5.74) is 2.90. The first-order chi connectivity index (χ1) is 11.6. The van der Waals surface area contributed by atoms with Crippen LogP contribution in [-0.4, -0.2) is 58.2 Å². The van der Waals surface area contributed by atoms with Gasteiger partial charge in [0, 0.05) is 45.0 Å². The number of anilines is 1. The van der Waals surface area contributed by atoms with Gasteiger partial charge in [-0.2, -0.15) is 5.10 Å². The minimum absolute atomic E-state index is 0.0296. The molecule has 0 bridgehead atoms. The van der Waals surface area contributed by atoms with Gasteiger partial charge < -0.3 is 9.80 Å². The molecule has 0 aromatic carbocycles. The molecular formula is C17H22N6O. The Morgan fingerprint density at radius 1 is 1.38 bits per heavy atom. The Kier molecular flexibility index (Phi) is 3.51. The third kappa shape index (κ3) is 2.35. The number of fused-ring (bicyclic) bond motifs is 2. The third-order valence-corrected chi connectivity index (χ3v) is 5.22. The van der Waals surface area contributed by atoms with E-state index < -0.39 is 0 Å². The van der Waals surface area contributed by atoms with E-state index in [0.717, 1.165) is 50.4 Å². The van der Waals surface area contributed by atoms with Crippen LogP contribution in [0.5, 0.6) is 0 Å². The van der Waals surface area contributed by atoms with Crippen LogP contribution in [0.3, 0.4) is 0 Å². The number of piperidine rings is 1. The Balaban J connectivity index is 1.65. The van der Waals surface area contributed by atoms with Crippen LogP contribution in [-0.2, 0) is 11.8 Å². The van der Waals surface area contributed by atoms with Crippen molar-refractivity contribution < 1.29 is 4.79 Å². The van der Waals surface area contributed by atoms with E-state index >= 15 is 0 Å². The summed E-state index contributed by atoms with van der Waals surface area (Å²) < 4.78 is 0. The Hall–Kier alpha value is -2.44. The average Bonchev–Trinajstić information content (AvgIpc) is 3.23. The molecular weight excluding hydrogens is 304 g/mol. The summed E-state index contributed by atoms with van der Waals surface area (Å²) in [6.45, 7) is 1.52. The van der Waals surface area contributed by atoms with Crippen LogP contribution < -0.4 is 4.90 Å². The van der Waals surface area contributed by atoms with Gasteiger partial charge in [-0.05, 0) is 37.3 Å². The standard InChI is InChI=1S/C17H22N6O/c1-22(2)16-18-10-12-4-7-17(14(12)20-16)6-3-9-23(11-17)15(24)13-5-8-19-21-13/h5,8,10H,3-4,6-7,9,11H2,1-2H3,(H,19,21). The molecule has 1 fully saturated rings. The average molecular weight is 326 g/mol. The van der Waals surface area contributed by atoms with Crippen LogP contribution in [0.4, 0.5) is 5.95 Å². The molecule has 7 heteroatoms. The maximum Gasteiger partial charge on any atom is 0.271 e.